The van der Waals surface area contributed by atoms with E-state index in [-0.39, 0.29) is 28.8 Å². The lowest BCUT2D eigenvalue weighted by atomic mass is 9.67. The summed E-state index contributed by atoms with van der Waals surface area (Å²) in [6.07, 6.45) is 2.34. The number of methoxy groups -OCH3 is 1. The second kappa shape index (κ2) is 7.55. The molecule has 1 aliphatic heterocycles. The number of hydrogen-bond acceptors (Lipinski definition) is 5. The first-order chi connectivity index (χ1) is 13.9. The average Bonchev–Trinajstić information content (AvgIpc) is 3.21. The van der Waals surface area contributed by atoms with E-state index < -0.39 is 21.6 Å². The van der Waals surface area contributed by atoms with Crippen molar-refractivity contribution in [3.8, 4) is 0 Å². The Hall–Kier alpha value is -2.22. The van der Waals surface area contributed by atoms with E-state index in [1.54, 1.807) is 12.1 Å². The fraction of sp³-hybridized carbons (Fsp3) is 0.409. The molecule has 1 saturated heterocycles. The number of fused-ring (bicyclic) bond motifs is 1. The van der Waals surface area contributed by atoms with Crippen molar-refractivity contribution in [1.82, 2.24) is 4.31 Å². The summed E-state index contributed by atoms with van der Waals surface area (Å²) >= 11 is 0. The zero-order chi connectivity index (χ0) is 20.6. The minimum absolute atomic E-state index is 0.0307. The molecule has 2 aromatic carbocycles. The van der Waals surface area contributed by atoms with E-state index >= 15 is 0 Å². The second-order valence-electron chi connectivity index (χ2n) is 7.86. The lowest BCUT2D eigenvalue weighted by Gasteiger charge is -2.41. The van der Waals surface area contributed by atoms with E-state index in [2.05, 4.69) is 0 Å². The highest BCUT2D eigenvalue weighted by molar-refractivity contribution is 7.89. The highest BCUT2D eigenvalue weighted by atomic mass is 32.2. The number of sulfonamides is 1. The second-order valence-corrected chi connectivity index (χ2v) is 9.77. The topological polar surface area (TPSA) is 83.9 Å². The van der Waals surface area contributed by atoms with Crippen LogP contribution in [0.15, 0.2) is 59.5 Å². The Balaban J connectivity index is 1.68. The first kappa shape index (κ1) is 20.1. The maximum absolute atomic E-state index is 13.4. The van der Waals surface area contributed by atoms with Crippen molar-refractivity contribution in [1.29, 1.82) is 0 Å². The van der Waals surface area contributed by atoms with Gasteiger partial charge in [0.15, 0.2) is 0 Å². The zero-order valence-corrected chi connectivity index (χ0v) is 17.1. The number of benzene rings is 2. The summed E-state index contributed by atoms with van der Waals surface area (Å²) in [4.78, 5) is 12.0. The maximum atomic E-state index is 13.4. The molecule has 1 N–H and O–H groups in total. The number of nitrogens with zero attached hydrogens (tertiary/aromatic N) is 1. The van der Waals surface area contributed by atoms with Gasteiger partial charge in [0.2, 0.25) is 10.0 Å². The Morgan fingerprint density at radius 2 is 1.79 bits per heavy atom. The van der Waals surface area contributed by atoms with E-state index in [1.165, 1.54) is 23.5 Å². The Kier molecular flexibility index (Phi) is 5.23. The molecule has 0 radical (unpaired) electrons. The summed E-state index contributed by atoms with van der Waals surface area (Å²) < 4.78 is 33.0. The van der Waals surface area contributed by atoms with Gasteiger partial charge in [0, 0.05) is 19.0 Å². The summed E-state index contributed by atoms with van der Waals surface area (Å²) in [7, 11) is -2.66. The van der Waals surface area contributed by atoms with Gasteiger partial charge in [-0.25, -0.2) is 13.2 Å². The predicted molar refractivity (Wildman–Crippen MR) is 108 cm³/mol. The molecule has 29 heavy (non-hydrogen) atoms. The van der Waals surface area contributed by atoms with Crippen LogP contribution in [0, 0.1) is 11.8 Å². The van der Waals surface area contributed by atoms with Crippen LogP contribution in [-0.4, -0.2) is 44.0 Å². The zero-order valence-electron chi connectivity index (χ0n) is 16.3. The molecule has 2 aromatic rings. The van der Waals surface area contributed by atoms with Gasteiger partial charge >= 0.3 is 5.97 Å². The molecule has 0 unspecified atom stereocenters. The number of carbonyl (C=O) groups is 1. The molecule has 154 valence electrons. The summed E-state index contributed by atoms with van der Waals surface area (Å²) in [5.41, 5.74) is -0.178. The van der Waals surface area contributed by atoms with Gasteiger partial charge in [-0.1, -0.05) is 42.5 Å². The molecule has 2 fully saturated rings. The van der Waals surface area contributed by atoms with E-state index in [0.29, 0.717) is 13.0 Å². The minimum Gasteiger partial charge on any atom is -0.465 e. The Morgan fingerprint density at radius 1 is 1.10 bits per heavy atom. The largest absolute Gasteiger partial charge is 0.465 e. The van der Waals surface area contributed by atoms with Crippen LogP contribution in [0.5, 0.6) is 0 Å². The molecule has 1 saturated carbocycles. The molecule has 0 spiro atoms. The number of aliphatic hydroxyl groups is 1. The van der Waals surface area contributed by atoms with E-state index in [4.69, 9.17) is 4.74 Å². The van der Waals surface area contributed by atoms with Gasteiger partial charge in [-0.15, -0.1) is 0 Å². The van der Waals surface area contributed by atoms with Crippen LogP contribution in [0.25, 0.3) is 0 Å². The monoisotopic (exact) mass is 415 g/mol. The third-order valence-electron chi connectivity index (χ3n) is 6.34. The number of hydrogen-bond donors (Lipinski definition) is 1. The molecule has 7 heteroatoms. The molecule has 1 heterocycles. The van der Waals surface area contributed by atoms with Crippen molar-refractivity contribution in [2.75, 3.05) is 20.2 Å². The quantitative estimate of drug-likeness (QED) is 0.777. The van der Waals surface area contributed by atoms with E-state index in [9.17, 15) is 18.3 Å². The lowest BCUT2D eigenvalue weighted by molar-refractivity contribution is -0.0640. The van der Waals surface area contributed by atoms with Crippen LogP contribution >= 0.6 is 0 Å². The van der Waals surface area contributed by atoms with Crippen molar-refractivity contribution in [2.45, 2.75) is 29.8 Å². The van der Waals surface area contributed by atoms with Crippen LogP contribution in [0.4, 0.5) is 0 Å². The Labute approximate surface area is 171 Å². The number of carbonyl (C=O) groups excluding carboxylic acids is 1. The van der Waals surface area contributed by atoms with Gasteiger partial charge in [0.1, 0.15) is 0 Å². The van der Waals surface area contributed by atoms with Crippen LogP contribution in [0.1, 0.15) is 35.2 Å². The molecular formula is C22H25NO5S. The smallest absolute Gasteiger partial charge is 0.339 e. The van der Waals surface area contributed by atoms with E-state index in [1.807, 2.05) is 30.3 Å². The summed E-state index contributed by atoms with van der Waals surface area (Å²) in [6, 6.07) is 15.6. The predicted octanol–water partition coefficient (Wildman–Crippen LogP) is 2.78. The maximum Gasteiger partial charge on any atom is 0.339 e. The fourth-order valence-electron chi connectivity index (χ4n) is 4.88. The minimum atomic E-state index is -3.89. The Morgan fingerprint density at radius 3 is 2.52 bits per heavy atom. The highest BCUT2D eigenvalue weighted by Gasteiger charge is 2.52. The molecule has 0 bridgehead atoms. The number of rotatable bonds is 4. The van der Waals surface area contributed by atoms with Crippen LogP contribution in [-0.2, 0) is 20.4 Å². The molecule has 4 rings (SSSR count). The van der Waals surface area contributed by atoms with Crippen LogP contribution < -0.4 is 0 Å². The van der Waals surface area contributed by atoms with Crippen LogP contribution in [0.2, 0.25) is 0 Å². The van der Waals surface area contributed by atoms with Crippen molar-refractivity contribution < 1.29 is 23.1 Å². The number of esters is 1. The van der Waals surface area contributed by atoms with Gasteiger partial charge in [-0.05, 0) is 42.9 Å². The summed E-state index contributed by atoms with van der Waals surface area (Å²) in [6.45, 7) is 0.575. The third-order valence-corrected chi connectivity index (χ3v) is 8.23. The SMILES string of the molecule is COC(=O)c1ccccc1S(=O)(=O)N1C[C@H]2CCC[C@](O)(c3ccccc3)[C@H]2C1. The van der Waals surface area contributed by atoms with Crippen molar-refractivity contribution >= 4 is 16.0 Å². The molecule has 3 atom stereocenters. The van der Waals surface area contributed by atoms with Gasteiger partial charge in [-0.3, -0.25) is 0 Å². The standard InChI is InChI=1S/C22H25NO5S/c1-28-21(24)18-11-5-6-12-20(18)29(26,27)23-14-16-8-7-13-22(25,19(16)15-23)17-9-3-2-4-10-17/h2-6,9-12,16,19,25H,7-8,13-15H2,1H3/t16-,19+,22+/m1/s1. The molecule has 2 aliphatic rings. The Bertz CT molecular complexity index is 1010. The van der Waals surface area contributed by atoms with E-state index in [0.717, 1.165) is 18.4 Å². The van der Waals surface area contributed by atoms with Crippen molar-refractivity contribution in [2.24, 2.45) is 11.8 Å². The first-order valence-corrected chi connectivity index (χ1v) is 11.3. The summed E-state index contributed by atoms with van der Waals surface area (Å²) in [5.74, 6) is -0.783. The molecule has 6 nitrogen and oxygen atoms in total. The average molecular weight is 416 g/mol. The van der Waals surface area contributed by atoms with Crippen LogP contribution in [0.3, 0.4) is 0 Å². The van der Waals surface area contributed by atoms with Gasteiger partial charge in [0.05, 0.1) is 23.2 Å². The van der Waals surface area contributed by atoms with Crippen molar-refractivity contribution in [3.63, 3.8) is 0 Å². The third kappa shape index (κ3) is 3.37. The molecular weight excluding hydrogens is 390 g/mol. The normalized spacial score (nSPS) is 27.4. The summed E-state index contributed by atoms with van der Waals surface area (Å²) in [5, 5.41) is 11.6. The van der Waals surface area contributed by atoms with Crippen molar-refractivity contribution in [3.05, 3.63) is 65.7 Å². The molecule has 1 aliphatic carbocycles. The lowest BCUT2D eigenvalue weighted by Crippen LogP contribution is -2.43. The first-order valence-electron chi connectivity index (χ1n) is 9.83. The molecule has 0 amide bonds. The van der Waals surface area contributed by atoms with Gasteiger partial charge < -0.3 is 9.84 Å². The molecule has 0 aromatic heterocycles. The van der Waals surface area contributed by atoms with Gasteiger partial charge in [-0.2, -0.15) is 4.31 Å². The number of ether oxygens (including phenoxy) is 1. The van der Waals surface area contributed by atoms with Gasteiger partial charge in [0.25, 0.3) is 0 Å². The highest BCUT2D eigenvalue weighted by Crippen LogP contribution is 2.49. The fourth-order valence-corrected chi connectivity index (χ4v) is 6.58.